The van der Waals surface area contributed by atoms with Gasteiger partial charge in [0.25, 0.3) is 0 Å². The number of nitrogens with zero attached hydrogens (tertiary/aromatic N) is 1. The van der Waals surface area contributed by atoms with Crippen LogP contribution in [0.5, 0.6) is 0 Å². The second kappa shape index (κ2) is 8.05. The minimum Gasteiger partial charge on any atom is -0.383 e. The molecule has 0 spiro atoms. The molecule has 1 aliphatic carbocycles. The minimum atomic E-state index is 0.478. The molecule has 2 rings (SSSR count). The van der Waals surface area contributed by atoms with E-state index in [9.17, 15) is 0 Å². The van der Waals surface area contributed by atoms with Crippen LogP contribution in [0.4, 0.5) is 5.82 Å². The molecule has 0 amide bonds. The van der Waals surface area contributed by atoms with E-state index < -0.39 is 0 Å². The van der Waals surface area contributed by atoms with Crippen LogP contribution < -0.4 is 11.1 Å². The number of pyridine rings is 1. The molecule has 1 aliphatic rings. The number of rotatable bonds is 7. The van der Waals surface area contributed by atoms with Crippen molar-refractivity contribution in [3.05, 3.63) is 35.5 Å². The molecule has 0 aromatic carbocycles. The Morgan fingerprint density at radius 2 is 2.25 bits per heavy atom. The van der Waals surface area contributed by atoms with Crippen LogP contribution in [0.3, 0.4) is 0 Å². The van der Waals surface area contributed by atoms with E-state index in [0.717, 1.165) is 31.4 Å². The first-order chi connectivity index (χ1) is 9.79. The number of allylic oxidation sites excluding steroid dienone is 1. The maximum absolute atomic E-state index is 5.98. The Hall–Kier alpha value is -1.35. The molecule has 1 aromatic rings. The van der Waals surface area contributed by atoms with Crippen molar-refractivity contribution in [1.29, 1.82) is 0 Å². The van der Waals surface area contributed by atoms with Crippen molar-refractivity contribution >= 4 is 5.82 Å². The number of nitrogen functional groups attached to an aromatic ring is 1. The molecule has 0 aliphatic heterocycles. The Morgan fingerprint density at radius 1 is 1.35 bits per heavy atom. The van der Waals surface area contributed by atoms with Crippen molar-refractivity contribution in [1.82, 2.24) is 10.3 Å². The standard InChI is InChI=1S/C17H27N3/c1-2-10-19-16(12-14-7-4-3-5-8-14)13-15-9-6-11-20-17(15)18/h6-7,9,11,16,19H,2-5,8,10,12-13H2,1H3,(H2,18,20). The van der Waals surface area contributed by atoms with Crippen LogP contribution in [0.2, 0.25) is 0 Å². The summed E-state index contributed by atoms with van der Waals surface area (Å²) in [7, 11) is 0. The van der Waals surface area contributed by atoms with E-state index in [2.05, 4.69) is 29.4 Å². The highest BCUT2D eigenvalue weighted by atomic mass is 14.9. The van der Waals surface area contributed by atoms with E-state index in [1.165, 1.54) is 25.7 Å². The number of nitrogens with two attached hydrogens (primary N) is 1. The van der Waals surface area contributed by atoms with Crippen molar-refractivity contribution in [3.63, 3.8) is 0 Å². The minimum absolute atomic E-state index is 0.478. The summed E-state index contributed by atoms with van der Waals surface area (Å²) in [5, 5.41) is 3.67. The van der Waals surface area contributed by atoms with E-state index >= 15 is 0 Å². The summed E-state index contributed by atoms with van der Waals surface area (Å²) >= 11 is 0. The summed E-state index contributed by atoms with van der Waals surface area (Å²) in [5.41, 5.74) is 8.76. The summed E-state index contributed by atoms with van der Waals surface area (Å²) in [5.74, 6) is 0.674. The Labute approximate surface area is 122 Å². The van der Waals surface area contributed by atoms with Gasteiger partial charge in [0.2, 0.25) is 0 Å². The number of anilines is 1. The maximum Gasteiger partial charge on any atom is 0.126 e. The van der Waals surface area contributed by atoms with E-state index in [1.807, 2.05) is 6.07 Å². The van der Waals surface area contributed by atoms with Crippen LogP contribution in [0.25, 0.3) is 0 Å². The Balaban J connectivity index is 1.99. The fraction of sp³-hybridized carbons (Fsp3) is 0.588. The molecule has 1 unspecified atom stereocenters. The maximum atomic E-state index is 5.98. The van der Waals surface area contributed by atoms with E-state index in [-0.39, 0.29) is 0 Å². The smallest absolute Gasteiger partial charge is 0.126 e. The SMILES string of the molecule is CCCNC(CC1=CCCCC1)Cc1cccnc1N. The van der Waals surface area contributed by atoms with Gasteiger partial charge in [0, 0.05) is 12.2 Å². The zero-order chi connectivity index (χ0) is 14.2. The average Bonchev–Trinajstić information content (AvgIpc) is 2.48. The van der Waals surface area contributed by atoms with Crippen LogP contribution in [0.1, 0.15) is 51.0 Å². The second-order valence-electron chi connectivity index (χ2n) is 5.72. The lowest BCUT2D eigenvalue weighted by Gasteiger charge is -2.22. The van der Waals surface area contributed by atoms with Gasteiger partial charge in [0.05, 0.1) is 0 Å². The molecule has 1 atom stereocenters. The first-order valence-electron chi connectivity index (χ1n) is 7.90. The van der Waals surface area contributed by atoms with Crippen molar-refractivity contribution in [2.24, 2.45) is 0 Å². The molecule has 0 saturated carbocycles. The molecule has 3 N–H and O–H groups in total. The zero-order valence-electron chi connectivity index (χ0n) is 12.6. The quantitative estimate of drug-likeness (QED) is 0.748. The molecule has 1 heterocycles. The molecule has 0 saturated heterocycles. The highest BCUT2D eigenvalue weighted by Gasteiger charge is 2.14. The number of nitrogens with one attached hydrogen (secondary N) is 1. The van der Waals surface area contributed by atoms with E-state index in [1.54, 1.807) is 11.8 Å². The Morgan fingerprint density at radius 3 is 2.95 bits per heavy atom. The molecular formula is C17H27N3. The first kappa shape index (κ1) is 15.0. The summed E-state index contributed by atoms with van der Waals surface area (Å²) in [6.07, 6.45) is 12.7. The predicted octanol–water partition coefficient (Wildman–Crippen LogP) is 3.47. The van der Waals surface area contributed by atoms with Crippen LogP contribution in [-0.2, 0) is 6.42 Å². The predicted molar refractivity (Wildman–Crippen MR) is 85.6 cm³/mol. The lowest BCUT2D eigenvalue weighted by molar-refractivity contribution is 0.490. The topological polar surface area (TPSA) is 50.9 Å². The monoisotopic (exact) mass is 273 g/mol. The Bertz CT molecular complexity index is 440. The number of aromatic nitrogens is 1. The van der Waals surface area contributed by atoms with Crippen LogP contribution in [-0.4, -0.2) is 17.6 Å². The second-order valence-corrected chi connectivity index (χ2v) is 5.72. The molecular weight excluding hydrogens is 246 g/mol. The van der Waals surface area contributed by atoms with Crippen molar-refractivity contribution in [2.75, 3.05) is 12.3 Å². The fourth-order valence-corrected chi connectivity index (χ4v) is 2.86. The van der Waals surface area contributed by atoms with Gasteiger partial charge in [-0.05, 0) is 63.1 Å². The molecule has 0 radical (unpaired) electrons. The number of hydrogen-bond donors (Lipinski definition) is 2. The van der Waals surface area contributed by atoms with Gasteiger partial charge in [-0.1, -0.05) is 24.6 Å². The summed E-state index contributed by atoms with van der Waals surface area (Å²) in [6, 6.07) is 4.55. The molecule has 20 heavy (non-hydrogen) atoms. The third kappa shape index (κ3) is 4.64. The molecule has 0 fully saturated rings. The van der Waals surface area contributed by atoms with Crippen molar-refractivity contribution in [2.45, 2.75) is 57.9 Å². The Kier molecular flexibility index (Phi) is 6.06. The van der Waals surface area contributed by atoms with Gasteiger partial charge < -0.3 is 11.1 Å². The molecule has 3 heteroatoms. The van der Waals surface area contributed by atoms with Gasteiger partial charge in [0.1, 0.15) is 5.82 Å². The largest absolute Gasteiger partial charge is 0.383 e. The highest BCUT2D eigenvalue weighted by Crippen LogP contribution is 2.23. The van der Waals surface area contributed by atoms with E-state index in [4.69, 9.17) is 5.73 Å². The third-order valence-corrected chi connectivity index (χ3v) is 3.97. The van der Waals surface area contributed by atoms with Crippen molar-refractivity contribution < 1.29 is 0 Å². The van der Waals surface area contributed by atoms with Crippen LogP contribution >= 0.6 is 0 Å². The molecule has 3 nitrogen and oxygen atoms in total. The average molecular weight is 273 g/mol. The van der Waals surface area contributed by atoms with Gasteiger partial charge in [-0.2, -0.15) is 0 Å². The summed E-state index contributed by atoms with van der Waals surface area (Å²) in [4.78, 5) is 4.19. The lowest BCUT2D eigenvalue weighted by atomic mass is 9.92. The normalized spacial score (nSPS) is 16.8. The van der Waals surface area contributed by atoms with Crippen LogP contribution in [0.15, 0.2) is 30.0 Å². The lowest BCUT2D eigenvalue weighted by Crippen LogP contribution is -2.32. The van der Waals surface area contributed by atoms with Gasteiger partial charge in [-0.25, -0.2) is 4.98 Å². The van der Waals surface area contributed by atoms with E-state index in [0.29, 0.717) is 11.9 Å². The van der Waals surface area contributed by atoms with Gasteiger partial charge in [0.15, 0.2) is 0 Å². The summed E-state index contributed by atoms with van der Waals surface area (Å²) < 4.78 is 0. The molecule has 1 aromatic heterocycles. The highest BCUT2D eigenvalue weighted by molar-refractivity contribution is 5.39. The first-order valence-corrected chi connectivity index (χ1v) is 7.90. The molecule has 110 valence electrons. The van der Waals surface area contributed by atoms with Crippen molar-refractivity contribution in [3.8, 4) is 0 Å². The number of hydrogen-bond acceptors (Lipinski definition) is 3. The summed E-state index contributed by atoms with van der Waals surface area (Å²) in [6.45, 7) is 3.28. The van der Waals surface area contributed by atoms with Gasteiger partial charge in [-0.15, -0.1) is 0 Å². The van der Waals surface area contributed by atoms with Crippen LogP contribution in [0, 0.1) is 0 Å². The third-order valence-electron chi connectivity index (χ3n) is 3.97. The molecule has 0 bridgehead atoms. The van der Waals surface area contributed by atoms with Gasteiger partial charge >= 0.3 is 0 Å². The van der Waals surface area contributed by atoms with Gasteiger partial charge in [-0.3, -0.25) is 0 Å². The fourth-order valence-electron chi connectivity index (χ4n) is 2.86. The zero-order valence-corrected chi connectivity index (χ0v) is 12.6.